The number of amides is 2. The van der Waals surface area contributed by atoms with Gasteiger partial charge in [-0.05, 0) is 49.9 Å². The minimum atomic E-state index is -0.445. The number of Topliss-reactive ketones (excluding diaryl/α,β-unsaturated/α-hetero) is 1. The predicted molar refractivity (Wildman–Crippen MR) is 86.3 cm³/mol. The molecule has 122 valence electrons. The first-order valence-corrected chi connectivity index (χ1v) is 8.45. The number of furan rings is 1. The summed E-state index contributed by atoms with van der Waals surface area (Å²) in [6.45, 7) is 1.86. The fraction of sp³-hybridized carbons (Fsp3) is 0.421. The lowest BCUT2D eigenvalue weighted by molar-refractivity contribution is -0.143. The summed E-state index contributed by atoms with van der Waals surface area (Å²) >= 11 is 0. The molecular formula is C19H17NO4. The molecule has 4 atom stereocenters. The van der Waals surface area contributed by atoms with Gasteiger partial charge in [-0.25, -0.2) is 0 Å². The fourth-order valence-corrected chi connectivity index (χ4v) is 4.94. The summed E-state index contributed by atoms with van der Waals surface area (Å²) in [5.41, 5.74) is 1.32. The van der Waals surface area contributed by atoms with Crippen LogP contribution < -0.4 is 4.90 Å². The minimum absolute atomic E-state index is 0.0360. The van der Waals surface area contributed by atoms with E-state index in [1.54, 1.807) is 12.1 Å². The number of hydrogen-bond donors (Lipinski definition) is 0. The Kier molecular flexibility index (Phi) is 2.65. The molecule has 24 heavy (non-hydrogen) atoms. The third-order valence-corrected chi connectivity index (χ3v) is 5.95. The minimum Gasteiger partial charge on any atom is -0.461 e. The van der Waals surface area contributed by atoms with E-state index < -0.39 is 5.92 Å². The van der Waals surface area contributed by atoms with E-state index in [-0.39, 0.29) is 35.4 Å². The Morgan fingerprint density at radius 2 is 1.83 bits per heavy atom. The summed E-state index contributed by atoms with van der Waals surface area (Å²) < 4.78 is 5.56. The first-order chi connectivity index (χ1) is 11.5. The highest BCUT2D eigenvalue weighted by molar-refractivity contribution is 6.24. The summed E-state index contributed by atoms with van der Waals surface area (Å²) in [5.74, 6) is -0.362. The number of fused-ring (bicyclic) bond motifs is 3. The van der Waals surface area contributed by atoms with E-state index in [4.69, 9.17) is 4.42 Å². The average molecular weight is 323 g/mol. The van der Waals surface area contributed by atoms with Crippen LogP contribution in [-0.4, -0.2) is 17.6 Å². The van der Waals surface area contributed by atoms with Crippen LogP contribution in [0.1, 0.15) is 25.0 Å². The molecule has 2 heterocycles. The van der Waals surface area contributed by atoms with E-state index in [9.17, 15) is 14.4 Å². The average Bonchev–Trinajstić information content (AvgIpc) is 3.05. The zero-order chi connectivity index (χ0) is 16.6. The topological polar surface area (TPSA) is 67.6 Å². The summed E-state index contributed by atoms with van der Waals surface area (Å²) in [6.07, 6.45) is 2.08. The zero-order valence-electron chi connectivity index (χ0n) is 13.3. The molecule has 2 bridgehead atoms. The second-order valence-electron chi connectivity index (χ2n) is 7.26. The van der Waals surface area contributed by atoms with Gasteiger partial charge in [-0.1, -0.05) is 0 Å². The van der Waals surface area contributed by atoms with Crippen molar-refractivity contribution in [3.05, 3.63) is 30.0 Å². The molecule has 4 fully saturated rings. The van der Waals surface area contributed by atoms with Crippen LogP contribution in [0.25, 0.3) is 11.0 Å². The van der Waals surface area contributed by atoms with Gasteiger partial charge in [0.05, 0.1) is 17.5 Å². The molecule has 0 N–H and O–H groups in total. The number of benzene rings is 1. The third-order valence-electron chi connectivity index (χ3n) is 5.95. The first kappa shape index (κ1) is 14.0. The molecule has 4 aliphatic rings. The fourth-order valence-electron chi connectivity index (χ4n) is 4.94. The highest BCUT2D eigenvalue weighted by atomic mass is 16.3. The van der Waals surface area contributed by atoms with Crippen LogP contribution in [0.4, 0.5) is 5.69 Å². The van der Waals surface area contributed by atoms with Crippen molar-refractivity contribution in [1.29, 1.82) is 0 Å². The van der Waals surface area contributed by atoms with Gasteiger partial charge in [-0.15, -0.1) is 0 Å². The monoisotopic (exact) mass is 323 g/mol. The molecule has 1 aromatic carbocycles. The van der Waals surface area contributed by atoms with Gasteiger partial charge in [0.2, 0.25) is 11.8 Å². The summed E-state index contributed by atoms with van der Waals surface area (Å²) in [5, 5.41) is 0.875. The second kappa shape index (κ2) is 4.56. The van der Waals surface area contributed by atoms with Crippen LogP contribution in [0.2, 0.25) is 0 Å². The number of carbonyl (C=O) groups excluding carboxylic acids is 3. The Morgan fingerprint density at radius 1 is 1.04 bits per heavy atom. The van der Waals surface area contributed by atoms with Crippen molar-refractivity contribution in [2.45, 2.75) is 26.2 Å². The maximum Gasteiger partial charge on any atom is 0.238 e. The normalized spacial score (nSPS) is 32.0. The van der Waals surface area contributed by atoms with Gasteiger partial charge in [-0.3, -0.25) is 19.3 Å². The lowest BCUT2D eigenvalue weighted by Crippen LogP contribution is -2.46. The van der Waals surface area contributed by atoms with Gasteiger partial charge in [0.1, 0.15) is 17.1 Å². The Morgan fingerprint density at radius 3 is 2.62 bits per heavy atom. The standard InChI is InChI=1S/C19H17NO4/c1-9-6-11-7-12(3-5-15(11)24-9)20-18(22)16-10-2-4-13(14(21)8-10)17(16)19(20)23/h3,5-7,10,13,16-17H,2,4,8H2,1H3. The lowest BCUT2D eigenvalue weighted by Gasteiger charge is -2.41. The van der Waals surface area contributed by atoms with Gasteiger partial charge >= 0.3 is 0 Å². The Hall–Kier alpha value is -2.43. The third kappa shape index (κ3) is 1.67. The zero-order valence-corrected chi connectivity index (χ0v) is 13.3. The number of imide groups is 1. The number of anilines is 1. The second-order valence-corrected chi connectivity index (χ2v) is 7.26. The number of ketones is 1. The van der Waals surface area contributed by atoms with Gasteiger partial charge in [0, 0.05) is 17.7 Å². The van der Waals surface area contributed by atoms with Crippen LogP contribution >= 0.6 is 0 Å². The molecule has 3 saturated carbocycles. The lowest BCUT2D eigenvalue weighted by atomic mass is 9.59. The molecule has 1 aliphatic heterocycles. The molecule has 5 heteroatoms. The van der Waals surface area contributed by atoms with E-state index in [1.807, 2.05) is 19.1 Å². The summed E-state index contributed by atoms with van der Waals surface area (Å²) in [4.78, 5) is 39.4. The molecule has 0 spiro atoms. The Bertz CT molecular complexity index is 911. The van der Waals surface area contributed by atoms with Crippen LogP contribution in [-0.2, 0) is 14.4 Å². The molecule has 2 aromatic rings. The highest BCUT2D eigenvalue weighted by Crippen LogP contribution is 2.52. The Balaban J connectivity index is 1.59. The van der Waals surface area contributed by atoms with Crippen LogP contribution in [0.3, 0.4) is 0 Å². The molecule has 4 unspecified atom stereocenters. The molecule has 0 radical (unpaired) electrons. The van der Waals surface area contributed by atoms with Crippen molar-refractivity contribution in [2.24, 2.45) is 23.7 Å². The summed E-state index contributed by atoms with van der Waals surface area (Å²) in [6, 6.07) is 7.26. The van der Waals surface area contributed by atoms with Gasteiger partial charge < -0.3 is 4.42 Å². The molecule has 6 rings (SSSR count). The predicted octanol–water partition coefficient (Wildman–Crippen LogP) is 2.85. The number of rotatable bonds is 1. The van der Waals surface area contributed by atoms with Crippen molar-refractivity contribution < 1.29 is 18.8 Å². The highest BCUT2D eigenvalue weighted by Gasteiger charge is 2.60. The van der Waals surface area contributed by atoms with Gasteiger partial charge in [0.25, 0.3) is 0 Å². The number of nitrogens with zero attached hydrogens (tertiary/aromatic N) is 1. The maximum absolute atomic E-state index is 13.0. The molecular weight excluding hydrogens is 306 g/mol. The molecule has 1 saturated heterocycles. The van der Waals surface area contributed by atoms with E-state index in [0.717, 1.165) is 29.6 Å². The van der Waals surface area contributed by atoms with Crippen molar-refractivity contribution in [3.8, 4) is 0 Å². The van der Waals surface area contributed by atoms with E-state index >= 15 is 0 Å². The van der Waals surface area contributed by atoms with Crippen LogP contribution in [0.5, 0.6) is 0 Å². The van der Waals surface area contributed by atoms with Crippen LogP contribution in [0, 0.1) is 30.6 Å². The Labute approximate surface area is 138 Å². The van der Waals surface area contributed by atoms with E-state index in [2.05, 4.69) is 0 Å². The smallest absolute Gasteiger partial charge is 0.238 e. The van der Waals surface area contributed by atoms with E-state index in [1.165, 1.54) is 4.90 Å². The number of carbonyl (C=O) groups is 3. The van der Waals surface area contributed by atoms with Crippen LogP contribution in [0.15, 0.2) is 28.7 Å². The SMILES string of the molecule is Cc1cc2cc(N3C(=O)C4C5CCC(C(=O)C5)C4C3=O)ccc2o1. The molecule has 2 amide bonds. The quantitative estimate of drug-likeness (QED) is 0.757. The molecule has 5 nitrogen and oxygen atoms in total. The maximum atomic E-state index is 13.0. The number of hydrogen-bond acceptors (Lipinski definition) is 4. The van der Waals surface area contributed by atoms with Gasteiger partial charge in [-0.2, -0.15) is 0 Å². The number of aryl methyl sites for hydroxylation is 1. The van der Waals surface area contributed by atoms with Crippen molar-refractivity contribution in [2.75, 3.05) is 4.90 Å². The molecule has 3 aliphatic carbocycles. The molecule has 1 aromatic heterocycles. The first-order valence-electron chi connectivity index (χ1n) is 8.45. The largest absolute Gasteiger partial charge is 0.461 e. The summed E-state index contributed by atoms with van der Waals surface area (Å²) in [7, 11) is 0. The van der Waals surface area contributed by atoms with Crippen molar-refractivity contribution in [3.63, 3.8) is 0 Å². The van der Waals surface area contributed by atoms with Crippen molar-refractivity contribution in [1.82, 2.24) is 0 Å². The van der Waals surface area contributed by atoms with E-state index in [0.29, 0.717) is 12.1 Å². The van der Waals surface area contributed by atoms with Gasteiger partial charge in [0.15, 0.2) is 0 Å². The van der Waals surface area contributed by atoms with Crippen molar-refractivity contribution >= 4 is 34.3 Å².